The van der Waals surface area contributed by atoms with Crippen LogP contribution in [-0.2, 0) is 20.2 Å². The molecule has 0 amide bonds. The first kappa shape index (κ1) is 22.4. The second-order valence-electron chi connectivity index (χ2n) is 6.49. The Hall–Kier alpha value is -3.26. The molecule has 164 valence electrons. The predicted octanol–water partition coefficient (Wildman–Crippen LogP) is 3.35. The fraction of sp³-hybridized carbons (Fsp3) is 0.111. The fourth-order valence-corrected chi connectivity index (χ4v) is 4.22. The van der Waals surface area contributed by atoms with Crippen LogP contribution >= 0.6 is 0 Å². The van der Waals surface area contributed by atoms with E-state index in [9.17, 15) is 31.0 Å². The summed E-state index contributed by atoms with van der Waals surface area (Å²) in [7, 11) is -8.66. The van der Waals surface area contributed by atoms with Crippen LogP contribution in [0.3, 0.4) is 0 Å². The Balaban J connectivity index is 2.26. The van der Waals surface area contributed by atoms with E-state index in [0.29, 0.717) is 34.2 Å². The van der Waals surface area contributed by atoms with Crippen molar-refractivity contribution in [2.75, 3.05) is 12.8 Å². The van der Waals surface area contributed by atoms with Crippen molar-refractivity contribution in [3.8, 4) is 11.5 Å². The second kappa shape index (κ2) is 7.77. The van der Waals surface area contributed by atoms with Gasteiger partial charge in [-0.2, -0.15) is 16.8 Å². The molecule has 0 aliphatic carbocycles. The van der Waals surface area contributed by atoms with Gasteiger partial charge in [0.05, 0.1) is 7.11 Å². The molecule has 0 spiro atoms. The van der Waals surface area contributed by atoms with Crippen molar-refractivity contribution in [3.63, 3.8) is 0 Å². The normalized spacial score (nSPS) is 12.5. The van der Waals surface area contributed by atoms with E-state index >= 15 is 0 Å². The minimum atomic E-state index is -4.88. The van der Waals surface area contributed by atoms with Crippen LogP contribution in [0.2, 0.25) is 0 Å². The van der Waals surface area contributed by atoms with Crippen molar-refractivity contribution in [1.29, 1.82) is 0 Å². The number of aryl methyl sites for hydroxylation is 1. The monoisotopic (exact) mass is 467 g/mol. The molecule has 3 aromatic rings. The number of nitrogen functional groups attached to an aromatic ring is 1. The maximum atomic E-state index is 11.8. The number of hydrogen-bond acceptors (Lipinski definition) is 9. The van der Waals surface area contributed by atoms with Crippen LogP contribution in [0.15, 0.2) is 56.4 Å². The van der Waals surface area contributed by atoms with E-state index in [-0.39, 0.29) is 11.4 Å². The van der Waals surface area contributed by atoms with Crippen molar-refractivity contribution < 1.29 is 35.8 Å². The second-order valence-corrected chi connectivity index (χ2v) is 9.27. The first-order valence-corrected chi connectivity index (χ1v) is 11.3. The van der Waals surface area contributed by atoms with Crippen LogP contribution in [-0.4, -0.2) is 38.2 Å². The van der Waals surface area contributed by atoms with Gasteiger partial charge in [-0.05, 0) is 48.2 Å². The Morgan fingerprint density at radius 3 is 2.16 bits per heavy atom. The number of ether oxygens (including phenoxy) is 1. The number of aromatic hydroxyl groups is 1. The lowest BCUT2D eigenvalue weighted by Gasteiger charge is -2.11. The first-order valence-electron chi connectivity index (χ1n) is 8.43. The molecule has 5 N–H and O–H groups in total. The number of nitrogens with zero attached hydrogens (tertiary/aromatic N) is 2. The number of anilines is 1. The lowest BCUT2D eigenvalue weighted by atomic mass is 10.0. The average Bonchev–Trinajstić information content (AvgIpc) is 2.65. The summed E-state index contributed by atoms with van der Waals surface area (Å²) in [6, 6.07) is 7.79. The molecule has 0 saturated heterocycles. The van der Waals surface area contributed by atoms with Crippen molar-refractivity contribution in [1.82, 2.24) is 0 Å². The molecular formula is C18H17N3O8S2. The van der Waals surface area contributed by atoms with E-state index < -0.39 is 41.5 Å². The van der Waals surface area contributed by atoms with Gasteiger partial charge in [0, 0.05) is 17.1 Å². The SMILES string of the molecule is COc1cc(S(=O)(=O)O)c(N=Nc2c(C)cc3cc(N)ccc3c2O)cc1S(=O)(=O)O. The predicted molar refractivity (Wildman–Crippen MR) is 112 cm³/mol. The van der Waals surface area contributed by atoms with Crippen LogP contribution in [0.4, 0.5) is 17.1 Å². The molecule has 0 bridgehead atoms. The van der Waals surface area contributed by atoms with Gasteiger partial charge in [0.1, 0.15) is 26.9 Å². The number of methoxy groups -OCH3 is 1. The molecule has 0 unspecified atom stereocenters. The molecule has 13 heteroatoms. The largest absolute Gasteiger partial charge is 0.505 e. The molecule has 0 fully saturated rings. The number of hydrogen-bond donors (Lipinski definition) is 4. The Labute approximate surface area is 177 Å². The van der Waals surface area contributed by atoms with E-state index in [4.69, 9.17) is 10.5 Å². The summed E-state index contributed by atoms with van der Waals surface area (Å²) in [4.78, 5) is -1.60. The van der Waals surface area contributed by atoms with Gasteiger partial charge in [0.2, 0.25) is 0 Å². The fourth-order valence-electron chi connectivity index (χ4n) is 2.94. The number of azo groups is 1. The van der Waals surface area contributed by atoms with Gasteiger partial charge in [-0.25, -0.2) is 0 Å². The Morgan fingerprint density at radius 1 is 0.935 bits per heavy atom. The molecule has 0 aliphatic heterocycles. The molecule has 0 saturated carbocycles. The third-order valence-electron chi connectivity index (χ3n) is 4.36. The summed E-state index contributed by atoms with van der Waals surface area (Å²) in [6.07, 6.45) is 0. The number of phenolic OH excluding ortho intramolecular Hbond substituents is 1. The molecule has 0 radical (unpaired) electrons. The highest BCUT2D eigenvalue weighted by molar-refractivity contribution is 7.86. The summed E-state index contributed by atoms with van der Waals surface area (Å²) in [6.45, 7) is 1.61. The van der Waals surface area contributed by atoms with Gasteiger partial charge >= 0.3 is 0 Å². The molecule has 3 aromatic carbocycles. The van der Waals surface area contributed by atoms with E-state index in [1.165, 1.54) is 0 Å². The minimum absolute atomic E-state index is 0.0252. The Bertz CT molecular complexity index is 1450. The van der Waals surface area contributed by atoms with Gasteiger partial charge in [-0.15, -0.1) is 10.2 Å². The zero-order valence-corrected chi connectivity index (χ0v) is 17.8. The molecule has 31 heavy (non-hydrogen) atoms. The molecule has 0 aliphatic rings. The van der Waals surface area contributed by atoms with Crippen LogP contribution in [0.25, 0.3) is 10.8 Å². The van der Waals surface area contributed by atoms with Crippen molar-refractivity contribution in [2.45, 2.75) is 16.7 Å². The highest BCUT2D eigenvalue weighted by Gasteiger charge is 2.25. The Kier molecular flexibility index (Phi) is 5.62. The van der Waals surface area contributed by atoms with Crippen molar-refractivity contribution in [3.05, 3.63) is 42.0 Å². The van der Waals surface area contributed by atoms with E-state index in [1.54, 1.807) is 31.2 Å². The van der Waals surface area contributed by atoms with E-state index in [2.05, 4.69) is 10.2 Å². The van der Waals surface area contributed by atoms with E-state index in [1.807, 2.05) is 0 Å². The van der Waals surface area contributed by atoms with Crippen molar-refractivity contribution >= 4 is 48.1 Å². The summed E-state index contributed by atoms with van der Waals surface area (Å²) in [5.41, 5.74) is 6.05. The number of rotatable bonds is 5. The van der Waals surface area contributed by atoms with Crippen LogP contribution in [0.5, 0.6) is 11.5 Å². The van der Waals surface area contributed by atoms with Crippen LogP contribution in [0, 0.1) is 6.92 Å². The maximum absolute atomic E-state index is 11.8. The summed E-state index contributed by atoms with van der Waals surface area (Å²) in [5, 5.41) is 19.2. The quantitative estimate of drug-likeness (QED) is 0.248. The standard InChI is InChI=1S/C18H17N3O8S2/c1-9-5-10-6-11(19)3-4-12(10)18(22)17(9)21-20-13-7-16(31(26,27)28)14(29-2)8-15(13)30(23,24)25/h3-8,22H,19H2,1-2H3,(H,23,24,25)(H,26,27,28). The zero-order valence-electron chi connectivity index (χ0n) is 16.1. The topological polar surface area (TPSA) is 189 Å². The number of nitrogens with two attached hydrogens (primary N) is 1. The lowest BCUT2D eigenvalue weighted by molar-refractivity contribution is 0.395. The minimum Gasteiger partial charge on any atom is -0.505 e. The van der Waals surface area contributed by atoms with Crippen LogP contribution in [0.1, 0.15) is 5.56 Å². The third-order valence-corrected chi connectivity index (χ3v) is 6.12. The molecular weight excluding hydrogens is 450 g/mol. The van der Waals surface area contributed by atoms with Crippen molar-refractivity contribution in [2.24, 2.45) is 10.2 Å². The molecule has 11 nitrogen and oxygen atoms in total. The molecule has 0 heterocycles. The zero-order chi connectivity index (χ0) is 23.1. The first-order chi connectivity index (χ1) is 14.3. The highest BCUT2D eigenvalue weighted by Crippen LogP contribution is 2.41. The average molecular weight is 467 g/mol. The van der Waals surface area contributed by atoms with Gasteiger partial charge in [-0.1, -0.05) is 0 Å². The Morgan fingerprint density at radius 2 is 1.58 bits per heavy atom. The number of phenols is 1. The summed E-state index contributed by atoms with van der Waals surface area (Å²) in [5.74, 6) is -0.799. The van der Waals surface area contributed by atoms with Gasteiger partial charge in [-0.3, -0.25) is 9.11 Å². The smallest absolute Gasteiger partial charge is 0.298 e. The van der Waals surface area contributed by atoms with Gasteiger partial charge < -0.3 is 15.6 Å². The van der Waals surface area contributed by atoms with Gasteiger partial charge in [0.25, 0.3) is 20.2 Å². The van der Waals surface area contributed by atoms with Gasteiger partial charge in [0.15, 0.2) is 5.75 Å². The highest BCUT2D eigenvalue weighted by atomic mass is 32.2. The third kappa shape index (κ3) is 4.44. The lowest BCUT2D eigenvalue weighted by Crippen LogP contribution is -2.05. The van der Waals surface area contributed by atoms with Crippen LogP contribution < -0.4 is 10.5 Å². The summed E-state index contributed by atoms with van der Waals surface area (Å²) >= 11 is 0. The molecule has 3 rings (SSSR count). The number of fused-ring (bicyclic) bond motifs is 1. The molecule has 0 atom stereocenters. The molecule has 0 aromatic heterocycles. The summed E-state index contributed by atoms with van der Waals surface area (Å²) < 4.78 is 70.4. The maximum Gasteiger partial charge on any atom is 0.298 e. The number of benzene rings is 3. The van der Waals surface area contributed by atoms with E-state index in [0.717, 1.165) is 7.11 Å².